The highest BCUT2D eigenvalue weighted by atomic mass is 79.9. The van der Waals surface area contributed by atoms with E-state index < -0.39 is 0 Å². The lowest BCUT2D eigenvalue weighted by Crippen LogP contribution is -2.43. The number of anilines is 2. The SMILES string of the molecule is CCN(CC)CCSN(c1ccc(Cl)cc1)C1CCN(c2ncnc3n[nH]c(Br)c23)CC1. The summed E-state index contributed by atoms with van der Waals surface area (Å²) in [7, 11) is 0. The molecule has 7 nitrogen and oxygen atoms in total. The monoisotopic (exact) mass is 537 g/mol. The maximum absolute atomic E-state index is 6.16. The van der Waals surface area contributed by atoms with Crippen molar-refractivity contribution >= 4 is 62.0 Å². The van der Waals surface area contributed by atoms with Crippen LogP contribution in [0.15, 0.2) is 35.2 Å². The van der Waals surface area contributed by atoms with E-state index in [9.17, 15) is 0 Å². The van der Waals surface area contributed by atoms with E-state index >= 15 is 0 Å². The lowest BCUT2D eigenvalue weighted by Gasteiger charge is -2.39. The largest absolute Gasteiger partial charge is 0.356 e. The number of aromatic amines is 1. The summed E-state index contributed by atoms with van der Waals surface area (Å²) in [4.78, 5) is 13.7. The van der Waals surface area contributed by atoms with E-state index in [2.05, 4.69) is 76.2 Å². The number of fused-ring (bicyclic) bond motifs is 1. The lowest BCUT2D eigenvalue weighted by molar-refractivity contribution is 0.323. The molecule has 1 N–H and O–H groups in total. The van der Waals surface area contributed by atoms with Crippen LogP contribution in [0.2, 0.25) is 5.02 Å². The Morgan fingerprint density at radius 2 is 1.88 bits per heavy atom. The number of piperidine rings is 1. The Balaban J connectivity index is 1.46. The summed E-state index contributed by atoms with van der Waals surface area (Å²) in [5.41, 5.74) is 1.91. The fraction of sp³-hybridized carbons (Fsp3) is 0.500. The van der Waals surface area contributed by atoms with Crippen LogP contribution < -0.4 is 9.21 Å². The molecule has 32 heavy (non-hydrogen) atoms. The van der Waals surface area contributed by atoms with Crippen LogP contribution in [-0.4, -0.2) is 69.6 Å². The zero-order chi connectivity index (χ0) is 22.5. The van der Waals surface area contributed by atoms with Gasteiger partial charge in [-0.2, -0.15) is 5.10 Å². The summed E-state index contributed by atoms with van der Waals surface area (Å²) in [6, 6.07) is 8.70. The van der Waals surface area contributed by atoms with Crippen molar-refractivity contribution < 1.29 is 0 Å². The van der Waals surface area contributed by atoms with Crippen molar-refractivity contribution in [3.8, 4) is 0 Å². The average molecular weight is 539 g/mol. The van der Waals surface area contributed by atoms with Gasteiger partial charge in [-0.25, -0.2) is 9.97 Å². The number of hydrogen-bond acceptors (Lipinski definition) is 7. The highest BCUT2D eigenvalue weighted by molar-refractivity contribution is 9.10. The fourth-order valence-corrected chi connectivity index (χ4v) is 5.94. The van der Waals surface area contributed by atoms with Crippen LogP contribution in [0, 0.1) is 0 Å². The van der Waals surface area contributed by atoms with Gasteiger partial charge in [-0.15, -0.1) is 0 Å². The van der Waals surface area contributed by atoms with Crippen molar-refractivity contribution in [1.29, 1.82) is 0 Å². The van der Waals surface area contributed by atoms with E-state index in [0.717, 1.165) is 72.1 Å². The van der Waals surface area contributed by atoms with Gasteiger partial charge in [0.15, 0.2) is 5.65 Å². The zero-order valence-corrected chi connectivity index (χ0v) is 21.6. The molecule has 1 saturated heterocycles. The van der Waals surface area contributed by atoms with E-state index in [1.165, 1.54) is 5.69 Å². The highest BCUT2D eigenvalue weighted by Gasteiger charge is 2.28. The molecular weight excluding hydrogens is 510 g/mol. The van der Waals surface area contributed by atoms with Crippen LogP contribution in [-0.2, 0) is 0 Å². The summed E-state index contributed by atoms with van der Waals surface area (Å²) < 4.78 is 3.33. The summed E-state index contributed by atoms with van der Waals surface area (Å²) in [6.45, 7) is 9.60. The number of halogens is 2. The van der Waals surface area contributed by atoms with E-state index in [0.29, 0.717) is 11.7 Å². The second-order valence-corrected chi connectivity index (χ2v) is 10.1. The van der Waals surface area contributed by atoms with Gasteiger partial charge in [0.2, 0.25) is 0 Å². The maximum atomic E-state index is 6.16. The second-order valence-electron chi connectivity index (χ2n) is 7.81. The molecule has 0 amide bonds. The van der Waals surface area contributed by atoms with Crippen LogP contribution in [0.5, 0.6) is 0 Å². The summed E-state index contributed by atoms with van der Waals surface area (Å²) >= 11 is 11.6. The molecule has 0 bridgehead atoms. The first-order chi connectivity index (χ1) is 15.6. The van der Waals surface area contributed by atoms with Gasteiger partial charge in [0, 0.05) is 42.1 Å². The van der Waals surface area contributed by atoms with Crippen molar-refractivity contribution in [3.63, 3.8) is 0 Å². The van der Waals surface area contributed by atoms with Gasteiger partial charge in [-0.3, -0.25) is 5.10 Å². The first-order valence-electron chi connectivity index (χ1n) is 11.1. The van der Waals surface area contributed by atoms with Crippen LogP contribution >= 0.6 is 39.5 Å². The normalized spacial score (nSPS) is 15.1. The molecule has 0 atom stereocenters. The molecule has 1 aliphatic rings. The molecular formula is C22H29BrClN7S. The van der Waals surface area contributed by atoms with Gasteiger partial charge in [0.05, 0.1) is 5.39 Å². The predicted octanol–water partition coefficient (Wildman–Crippen LogP) is 5.23. The van der Waals surface area contributed by atoms with Gasteiger partial charge in [-0.05, 0) is 78.1 Å². The molecule has 0 unspecified atom stereocenters. The van der Waals surface area contributed by atoms with E-state index in [1.807, 2.05) is 24.1 Å². The third-order valence-electron chi connectivity index (χ3n) is 6.00. The molecule has 2 aromatic heterocycles. The Morgan fingerprint density at radius 1 is 1.16 bits per heavy atom. The Labute approximate surface area is 207 Å². The highest BCUT2D eigenvalue weighted by Crippen LogP contribution is 2.34. The van der Waals surface area contributed by atoms with Crippen molar-refractivity contribution in [1.82, 2.24) is 25.1 Å². The topological polar surface area (TPSA) is 64.2 Å². The van der Waals surface area contributed by atoms with Gasteiger partial charge in [0.1, 0.15) is 16.7 Å². The fourth-order valence-electron chi connectivity index (χ4n) is 4.15. The number of aromatic nitrogens is 4. The van der Waals surface area contributed by atoms with Crippen LogP contribution in [0.4, 0.5) is 11.5 Å². The number of rotatable bonds is 9. The number of nitrogens with zero attached hydrogens (tertiary/aromatic N) is 6. The first-order valence-corrected chi connectivity index (χ1v) is 13.2. The first kappa shape index (κ1) is 23.6. The third-order valence-corrected chi connectivity index (χ3v) is 7.97. The van der Waals surface area contributed by atoms with Crippen molar-refractivity contribution in [3.05, 3.63) is 40.2 Å². The molecule has 3 aromatic rings. The van der Waals surface area contributed by atoms with E-state index in [4.69, 9.17) is 11.6 Å². The standard InChI is InChI=1S/C22H29BrClN7S/c1-3-29(4-2)13-14-32-31(17-7-5-16(24)6-8-17)18-9-11-30(12-10-18)22-19-20(23)27-28-21(19)25-15-26-22/h5-8,15,18H,3-4,9-14H2,1-2H3,(H,25,26,27,28). The van der Waals surface area contributed by atoms with Gasteiger partial charge in [-0.1, -0.05) is 25.4 Å². The number of hydrogen-bond donors (Lipinski definition) is 1. The number of H-pyrrole nitrogens is 1. The van der Waals surface area contributed by atoms with Gasteiger partial charge >= 0.3 is 0 Å². The lowest BCUT2D eigenvalue weighted by atomic mass is 10.0. The molecule has 10 heteroatoms. The smallest absolute Gasteiger partial charge is 0.187 e. The summed E-state index contributed by atoms with van der Waals surface area (Å²) in [5.74, 6) is 2.01. The maximum Gasteiger partial charge on any atom is 0.187 e. The Bertz CT molecular complexity index is 1000. The van der Waals surface area contributed by atoms with Crippen molar-refractivity contribution in [2.45, 2.75) is 32.7 Å². The Kier molecular flexibility index (Phi) is 8.15. The molecule has 3 heterocycles. The average Bonchev–Trinajstić information content (AvgIpc) is 3.21. The molecule has 1 fully saturated rings. The van der Waals surface area contributed by atoms with Crippen LogP contribution in [0.25, 0.3) is 11.0 Å². The van der Waals surface area contributed by atoms with E-state index in [1.54, 1.807) is 6.33 Å². The quantitative estimate of drug-likeness (QED) is 0.374. The number of benzene rings is 1. The second kappa shape index (κ2) is 11.0. The van der Waals surface area contributed by atoms with Crippen molar-refractivity contribution in [2.75, 3.05) is 47.7 Å². The predicted molar refractivity (Wildman–Crippen MR) is 139 cm³/mol. The molecule has 1 aromatic carbocycles. The number of nitrogens with one attached hydrogen (secondary N) is 1. The summed E-state index contributed by atoms with van der Waals surface area (Å²) in [5, 5.41) is 8.94. The summed E-state index contributed by atoms with van der Waals surface area (Å²) in [6.07, 6.45) is 3.71. The van der Waals surface area contributed by atoms with Gasteiger partial charge < -0.3 is 14.1 Å². The van der Waals surface area contributed by atoms with E-state index in [-0.39, 0.29) is 0 Å². The molecule has 172 valence electrons. The molecule has 0 saturated carbocycles. The van der Waals surface area contributed by atoms with Gasteiger partial charge in [0.25, 0.3) is 0 Å². The van der Waals surface area contributed by atoms with Crippen LogP contribution in [0.3, 0.4) is 0 Å². The molecule has 0 radical (unpaired) electrons. The van der Waals surface area contributed by atoms with Crippen molar-refractivity contribution in [2.24, 2.45) is 0 Å². The Hall–Kier alpha value is -1.55. The third kappa shape index (κ3) is 5.32. The molecule has 4 rings (SSSR count). The molecule has 0 spiro atoms. The minimum absolute atomic E-state index is 0.458. The molecule has 1 aliphatic heterocycles. The minimum Gasteiger partial charge on any atom is -0.356 e. The van der Waals surface area contributed by atoms with Crippen LogP contribution in [0.1, 0.15) is 26.7 Å². The Morgan fingerprint density at radius 3 is 2.56 bits per heavy atom. The zero-order valence-electron chi connectivity index (χ0n) is 18.5. The molecule has 0 aliphatic carbocycles. The minimum atomic E-state index is 0.458.